The number of nitrogens with one attached hydrogen (secondary N) is 1. The molecule has 0 aliphatic carbocycles. The summed E-state index contributed by atoms with van der Waals surface area (Å²) in [5, 5.41) is 7.85. The van der Waals surface area contributed by atoms with Gasteiger partial charge in [0.15, 0.2) is 0 Å². The Balaban J connectivity index is 2.43. The highest BCUT2D eigenvalue weighted by atomic mass is 79.9. The molecule has 5 N–H and O–H groups in total. The fourth-order valence-electron chi connectivity index (χ4n) is 1.06. The topological polar surface area (TPSA) is 111 Å². The van der Waals surface area contributed by atoms with E-state index in [1.165, 1.54) is 6.20 Å². The number of pyridine rings is 1. The maximum atomic E-state index is 10.7. The maximum absolute atomic E-state index is 10.7. The molecule has 16 heavy (non-hydrogen) atoms. The van der Waals surface area contributed by atoms with Crippen LogP contribution in [-0.2, 0) is 10.0 Å². The van der Waals surface area contributed by atoms with Gasteiger partial charge in [-0.15, -0.1) is 0 Å². The molecule has 0 aliphatic rings. The van der Waals surface area contributed by atoms with Crippen LogP contribution in [0.2, 0.25) is 0 Å². The lowest BCUT2D eigenvalue weighted by Gasteiger charge is -2.07. The van der Waals surface area contributed by atoms with Crippen LogP contribution in [0, 0.1) is 0 Å². The molecule has 0 bridgehead atoms. The van der Waals surface area contributed by atoms with Crippen LogP contribution >= 0.6 is 15.9 Å². The highest BCUT2D eigenvalue weighted by Crippen LogP contribution is 2.21. The lowest BCUT2D eigenvalue weighted by molar-refractivity contribution is 0.595. The summed E-state index contributed by atoms with van der Waals surface area (Å²) in [5.74, 6) is 0.579. The molecule has 0 fully saturated rings. The predicted molar refractivity (Wildman–Crippen MR) is 67.4 cm³/mol. The highest BCUT2D eigenvalue weighted by molar-refractivity contribution is 9.10. The van der Waals surface area contributed by atoms with Crippen molar-refractivity contribution in [3.63, 3.8) is 0 Å². The van der Waals surface area contributed by atoms with Gasteiger partial charge in [0.1, 0.15) is 5.82 Å². The van der Waals surface area contributed by atoms with Gasteiger partial charge in [-0.05, 0) is 28.4 Å². The molecule has 0 radical (unpaired) electrons. The molecule has 0 unspecified atom stereocenters. The molecule has 8 heteroatoms. The lowest BCUT2D eigenvalue weighted by atomic mass is 10.4. The zero-order valence-corrected chi connectivity index (χ0v) is 10.9. The molecule has 0 spiro atoms. The van der Waals surface area contributed by atoms with Crippen LogP contribution in [0.1, 0.15) is 6.42 Å². The summed E-state index contributed by atoms with van der Waals surface area (Å²) in [6.07, 6.45) is 1.95. The Bertz CT molecular complexity index is 463. The molecule has 90 valence electrons. The van der Waals surface area contributed by atoms with Gasteiger partial charge in [0.25, 0.3) is 0 Å². The average molecular weight is 309 g/mol. The second-order valence-corrected chi connectivity index (χ2v) is 5.83. The van der Waals surface area contributed by atoms with Crippen molar-refractivity contribution in [2.45, 2.75) is 6.42 Å². The van der Waals surface area contributed by atoms with E-state index in [1.54, 1.807) is 6.07 Å². The van der Waals surface area contributed by atoms with Crippen LogP contribution < -0.4 is 16.2 Å². The first-order chi connectivity index (χ1) is 7.38. The lowest BCUT2D eigenvalue weighted by Crippen LogP contribution is -2.18. The molecule has 0 aliphatic heterocycles. The summed E-state index contributed by atoms with van der Waals surface area (Å²) < 4.78 is 22.1. The molecular weight excluding hydrogens is 296 g/mol. The average Bonchev–Trinajstić information content (AvgIpc) is 2.13. The van der Waals surface area contributed by atoms with Crippen molar-refractivity contribution in [1.82, 2.24) is 4.98 Å². The molecule has 1 heterocycles. The number of anilines is 2. The summed E-state index contributed by atoms with van der Waals surface area (Å²) in [7, 11) is -3.39. The first-order valence-electron chi connectivity index (χ1n) is 4.54. The van der Waals surface area contributed by atoms with Gasteiger partial charge in [0.05, 0.1) is 22.1 Å². The van der Waals surface area contributed by atoms with Crippen LogP contribution in [0.15, 0.2) is 16.7 Å². The summed E-state index contributed by atoms with van der Waals surface area (Å²) in [4.78, 5) is 4.05. The van der Waals surface area contributed by atoms with Gasteiger partial charge in [-0.3, -0.25) is 0 Å². The van der Waals surface area contributed by atoms with E-state index < -0.39 is 10.0 Å². The van der Waals surface area contributed by atoms with Crippen LogP contribution in [0.25, 0.3) is 0 Å². The minimum Gasteiger partial charge on any atom is -0.397 e. The second-order valence-electron chi connectivity index (χ2n) is 3.25. The van der Waals surface area contributed by atoms with Gasteiger partial charge >= 0.3 is 0 Å². The standard InChI is InChI=1S/C8H13BrN4O2S/c9-7-4-6(10)5-13-8(7)12-2-1-3-16(11,14)15/h4-5H,1-3,10H2,(H,12,13)(H2,11,14,15). The van der Waals surface area contributed by atoms with Gasteiger partial charge < -0.3 is 11.1 Å². The van der Waals surface area contributed by atoms with Gasteiger partial charge in [0, 0.05) is 6.54 Å². The number of nitrogens with zero attached hydrogens (tertiary/aromatic N) is 1. The fraction of sp³-hybridized carbons (Fsp3) is 0.375. The van der Waals surface area contributed by atoms with Crippen molar-refractivity contribution >= 4 is 37.5 Å². The molecule has 6 nitrogen and oxygen atoms in total. The van der Waals surface area contributed by atoms with Crippen molar-refractivity contribution in [2.24, 2.45) is 5.14 Å². The summed E-state index contributed by atoms with van der Waals surface area (Å²) in [6, 6.07) is 1.72. The quantitative estimate of drug-likeness (QED) is 0.687. The van der Waals surface area contributed by atoms with E-state index in [-0.39, 0.29) is 5.75 Å². The van der Waals surface area contributed by atoms with E-state index in [2.05, 4.69) is 26.2 Å². The van der Waals surface area contributed by atoms with Crippen molar-refractivity contribution in [2.75, 3.05) is 23.3 Å². The Hall–Kier alpha value is -0.860. The van der Waals surface area contributed by atoms with Gasteiger partial charge in [-0.25, -0.2) is 18.5 Å². The number of sulfonamides is 1. The Kier molecular flexibility index (Phi) is 4.51. The van der Waals surface area contributed by atoms with Gasteiger partial charge in [-0.2, -0.15) is 0 Å². The zero-order chi connectivity index (χ0) is 12.2. The van der Waals surface area contributed by atoms with Crippen LogP contribution in [0.4, 0.5) is 11.5 Å². The van der Waals surface area contributed by atoms with Gasteiger partial charge in [0.2, 0.25) is 10.0 Å². The molecular formula is C8H13BrN4O2S. The molecule has 0 saturated carbocycles. The number of hydrogen-bond acceptors (Lipinski definition) is 5. The number of halogens is 1. The zero-order valence-electron chi connectivity index (χ0n) is 8.48. The third-order valence-electron chi connectivity index (χ3n) is 1.76. The Labute approximate surface area is 103 Å². The van der Waals surface area contributed by atoms with Crippen molar-refractivity contribution in [3.8, 4) is 0 Å². The molecule has 0 atom stereocenters. The van der Waals surface area contributed by atoms with E-state index in [4.69, 9.17) is 10.9 Å². The van der Waals surface area contributed by atoms with E-state index in [0.29, 0.717) is 24.5 Å². The normalized spacial score (nSPS) is 11.4. The van der Waals surface area contributed by atoms with E-state index >= 15 is 0 Å². The summed E-state index contributed by atoms with van der Waals surface area (Å²) in [5.41, 5.74) is 6.08. The molecule has 0 saturated heterocycles. The third kappa shape index (κ3) is 4.77. The number of nitrogens with two attached hydrogens (primary N) is 2. The van der Waals surface area contributed by atoms with E-state index in [1.807, 2.05) is 0 Å². The van der Waals surface area contributed by atoms with Crippen molar-refractivity contribution in [1.29, 1.82) is 0 Å². The van der Waals surface area contributed by atoms with Crippen molar-refractivity contribution < 1.29 is 8.42 Å². The number of primary sulfonamides is 1. The van der Waals surface area contributed by atoms with Gasteiger partial charge in [-0.1, -0.05) is 0 Å². The Morgan fingerprint density at radius 2 is 2.19 bits per heavy atom. The Morgan fingerprint density at radius 1 is 1.50 bits per heavy atom. The highest BCUT2D eigenvalue weighted by Gasteiger charge is 2.04. The smallest absolute Gasteiger partial charge is 0.209 e. The second kappa shape index (κ2) is 5.46. The molecule has 1 rings (SSSR count). The number of rotatable bonds is 5. The van der Waals surface area contributed by atoms with E-state index in [9.17, 15) is 8.42 Å². The largest absolute Gasteiger partial charge is 0.397 e. The van der Waals surface area contributed by atoms with Crippen molar-refractivity contribution in [3.05, 3.63) is 16.7 Å². The monoisotopic (exact) mass is 308 g/mol. The van der Waals surface area contributed by atoms with Crippen LogP contribution in [0.3, 0.4) is 0 Å². The molecule has 0 aromatic carbocycles. The number of aromatic nitrogens is 1. The SMILES string of the molecule is Nc1cnc(NCCCS(N)(=O)=O)c(Br)c1. The third-order valence-corrected chi connectivity index (χ3v) is 3.22. The number of nitrogen functional groups attached to an aromatic ring is 1. The fourth-order valence-corrected chi connectivity index (χ4v) is 2.12. The van der Waals surface area contributed by atoms with E-state index in [0.717, 1.165) is 4.47 Å². The predicted octanol–water partition coefficient (Wildman–Crippen LogP) is 0.517. The maximum Gasteiger partial charge on any atom is 0.209 e. The van der Waals surface area contributed by atoms with Crippen LogP contribution in [0.5, 0.6) is 0 Å². The molecule has 1 aromatic heterocycles. The Morgan fingerprint density at radius 3 is 2.75 bits per heavy atom. The molecule has 1 aromatic rings. The first kappa shape index (κ1) is 13.2. The first-order valence-corrected chi connectivity index (χ1v) is 7.05. The summed E-state index contributed by atoms with van der Waals surface area (Å²) >= 11 is 3.29. The molecule has 0 amide bonds. The number of hydrogen-bond donors (Lipinski definition) is 3. The van der Waals surface area contributed by atoms with Crippen LogP contribution in [-0.4, -0.2) is 25.7 Å². The summed E-state index contributed by atoms with van der Waals surface area (Å²) in [6.45, 7) is 0.478. The minimum atomic E-state index is -3.39. The minimum absolute atomic E-state index is 0.0490.